The van der Waals surface area contributed by atoms with Crippen molar-refractivity contribution < 1.29 is 23.4 Å². The molecular weight excluding hydrogens is 289 g/mol. The predicted molar refractivity (Wildman–Crippen MR) is 81.8 cm³/mol. The van der Waals surface area contributed by atoms with Crippen LogP contribution in [0.3, 0.4) is 0 Å². The summed E-state index contributed by atoms with van der Waals surface area (Å²) in [6, 6.07) is 4.55. The lowest BCUT2D eigenvalue weighted by Crippen LogP contribution is -2.28. The zero-order valence-electron chi connectivity index (χ0n) is 13.4. The molecule has 0 aliphatic rings. The molecule has 0 aromatic heterocycles. The molecule has 0 heterocycles. The third-order valence-electron chi connectivity index (χ3n) is 2.87. The highest BCUT2D eigenvalue weighted by atomic mass is 19.1. The second-order valence-electron chi connectivity index (χ2n) is 4.94. The van der Waals surface area contributed by atoms with Crippen LogP contribution in [0.2, 0.25) is 0 Å². The molecule has 1 amide bonds. The minimum absolute atomic E-state index is 0.255. The Bertz CT molecular complexity index is 465. The zero-order valence-corrected chi connectivity index (χ0v) is 13.4. The van der Waals surface area contributed by atoms with Crippen molar-refractivity contribution in [1.82, 2.24) is 5.32 Å². The molecule has 0 atom stereocenters. The molecule has 0 saturated heterocycles. The van der Waals surface area contributed by atoms with E-state index in [2.05, 4.69) is 5.32 Å². The Kier molecular flexibility index (Phi) is 8.28. The molecule has 0 saturated carbocycles. The van der Waals surface area contributed by atoms with E-state index in [9.17, 15) is 9.18 Å². The van der Waals surface area contributed by atoms with Gasteiger partial charge in [-0.05, 0) is 24.5 Å². The molecule has 5 nitrogen and oxygen atoms in total. The maximum absolute atomic E-state index is 13.3. The Morgan fingerprint density at radius 3 is 2.73 bits per heavy atom. The molecule has 1 N–H and O–H groups in total. The standard InChI is InChI=1S/C16H24FNO4/c1-4-21-16(19)18-7-8-20-9-10-22-15-11-13(17)5-6-14(15)12(2)3/h5-6,11-12H,4,7-10H2,1-3H3,(H,18,19). The topological polar surface area (TPSA) is 56.8 Å². The maximum Gasteiger partial charge on any atom is 0.407 e. The molecule has 22 heavy (non-hydrogen) atoms. The quantitative estimate of drug-likeness (QED) is 0.712. The molecule has 0 spiro atoms. The molecule has 1 rings (SSSR count). The second kappa shape index (κ2) is 10.00. The summed E-state index contributed by atoms with van der Waals surface area (Å²) in [4.78, 5) is 11.0. The summed E-state index contributed by atoms with van der Waals surface area (Å²) in [5, 5.41) is 2.55. The van der Waals surface area contributed by atoms with Crippen LogP contribution in [0.1, 0.15) is 32.3 Å². The van der Waals surface area contributed by atoms with Gasteiger partial charge in [0.2, 0.25) is 0 Å². The van der Waals surface area contributed by atoms with E-state index in [1.807, 2.05) is 13.8 Å². The van der Waals surface area contributed by atoms with Gasteiger partial charge in [0.15, 0.2) is 0 Å². The van der Waals surface area contributed by atoms with Crippen molar-refractivity contribution in [3.8, 4) is 5.75 Å². The Labute approximate surface area is 130 Å². The summed E-state index contributed by atoms with van der Waals surface area (Å²) in [5.41, 5.74) is 0.963. The van der Waals surface area contributed by atoms with Gasteiger partial charge in [-0.1, -0.05) is 19.9 Å². The average Bonchev–Trinajstić information content (AvgIpc) is 2.46. The van der Waals surface area contributed by atoms with Gasteiger partial charge in [-0.2, -0.15) is 0 Å². The van der Waals surface area contributed by atoms with Crippen molar-refractivity contribution in [1.29, 1.82) is 0 Å². The lowest BCUT2D eigenvalue weighted by Gasteiger charge is -2.14. The maximum atomic E-state index is 13.3. The first-order chi connectivity index (χ1) is 10.5. The van der Waals surface area contributed by atoms with E-state index >= 15 is 0 Å². The number of alkyl carbamates (subject to hydrolysis) is 1. The number of hydrogen-bond donors (Lipinski definition) is 1. The van der Waals surface area contributed by atoms with Gasteiger partial charge in [0.1, 0.15) is 18.2 Å². The van der Waals surface area contributed by atoms with E-state index in [0.717, 1.165) is 5.56 Å². The normalized spacial score (nSPS) is 10.6. The molecule has 0 unspecified atom stereocenters. The first-order valence-electron chi connectivity index (χ1n) is 7.45. The number of carbonyl (C=O) groups excluding carboxylic acids is 1. The minimum atomic E-state index is -0.455. The van der Waals surface area contributed by atoms with Gasteiger partial charge in [-0.15, -0.1) is 0 Å². The van der Waals surface area contributed by atoms with Crippen LogP contribution < -0.4 is 10.1 Å². The van der Waals surface area contributed by atoms with Crippen molar-refractivity contribution in [3.63, 3.8) is 0 Å². The van der Waals surface area contributed by atoms with Gasteiger partial charge < -0.3 is 19.5 Å². The van der Waals surface area contributed by atoms with Crippen molar-refractivity contribution in [2.45, 2.75) is 26.7 Å². The number of amides is 1. The highest BCUT2D eigenvalue weighted by Crippen LogP contribution is 2.27. The summed E-state index contributed by atoms with van der Waals surface area (Å²) in [6.45, 7) is 7.55. The molecular formula is C16H24FNO4. The number of rotatable bonds is 9. The van der Waals surface area contributed by atoms with Crippen LogP contribution in [0.25, 0.3) is 0 Å². The fraction of sp³-hybridized carbons (Fsp3) is 0.562. The molecule has 0 aliphatic heterocycles. The van der Waals surface area contributed by atoms with Gasteiger partial charge >= 0.3 is 6.09 Å². The van der Waals surface area contributed by atoms with Crippen LogP contribution in [0.15, 0.2) is 18.2 Å². The van der Waals surface area contributed by atoms with Gasteiger partial charge in [0.05, 0.1) is 19.8 Å². The molecule has 0 radical (unpaired) electrons. The second-order valence-corrected chi connectivity index (χ2v) is 4.94. The van der Waals surface area contributed by atoms with Crippen LogP contribution in [0.5, 0.6) is 5.75 Å². The molecule has 6 heteroatoms. The van der Waals surface area contributed by atoms with E-state index in [0.29, 0.717) is 38.7 Å². The largest absolute Gasteiger partial charge is 0.491 e. The number of carbonyl (C=O) groups is 1. The number of ether oxygens (including phenoxy) is 3. The Morgan fingerprint density at radius 1 is 1.27 bits per heavy atom. The number of benzene rings is 1. The van der Waals surface area contributed by atoms with Crippen molar-refractivity contribution in [3.05, 3.63) is 29.6 Å². The predicted octanol–water partition coefficient (Wildman–Crippen LogP) is 3.09. The molecule has 0 bridgehead atoms. The molecule has 1 aromatic carbocycles. The first-order valence-corrected chi connectivity index (χ1v) is 7.45. The van der Waals surface area contributed by atoms with Gasteiger partial charge in [0, 0.05) is 12.6 Å². The van der Waals surface area contributed by atoms with E-state index < -0.39 is 6.09 Å². The van der Waals surface area contributed by atoms with E-state index in [1.54, 1.807) is 13.0 Å². The lowest BCUT2D eigenvalue weighted by molar-refractivity contribution is 0.0976. The van der Waals surface area contributed by atoms with Crippen LogP contribution in [-0.4, -0.2) is 39.1 Å². The Balaban J connectivity index is 2.22. The van der Waals surface area contributed by atoms with E-state index in [4.69, 9.17) is 14.2 Å². The van der Waals surface area contributed by atoms with Crippen molar-refractivity contribution >= 4 is 6.09 Å². The number of hydrogen-bond acceptors (Lipinski definition) is 4. The van der Waals surface area contributed by atoms with Crippen LogP contribution in [0, 0.1) is 5.82 Å². The monoisotopic (exact) mass is 313 g/mol. The number of halogens is 1. The molecule has 0 fully saturated rings. The van der Waals surface area contributed by atoms with Gasteiger partial charge in [-0.25, -0.2) is 9.18 Å². The van der Waals surface area contributed by atoms with Crippen LogP contribution >= 0.6 is 0 Å². The SMILES string of the molecule is CCOC(=O)NCCOCCOc1cc(F)ccc1C(C)C. The van der Waals surface area contributed by atoms with Crippen molar-refractivity contribution in [2.24, 2.45) is 0 Å². The fourth-order valence-corrected chi connectivity index (χ4v) is 1.83. The highest BCUT2D eigenvalue weighted by molar-refractivity contribution is 5.66. The first kappa shape index (κ1) is 18.2. The fourth-order valence-electron chi connectivity index (χ4n) is 1.83. The number of nitrogens with one attached hydrogen (secondary N) is 1. The highest BCUT2D eigenvalue weighted by Gasteiger charge is 2.09. The Morgan fingerprint density at radius 2 is 2.05 bits per heavy atom. The Hall–Kier alpha value is -1.82. The lowest BCUT2D eigenvalue weighted by atomic mass is 10.0. The molecule has 0 aliphatic carbocycles. The van der Waals surface area contributed by atoms with Crippen molar-refractivity contribution in [2.75, 3.05) is 33.0 Å². The van der Waals surface area contributed by atoms with Crippen LogP contribution in [-0.2, 0) is 9.47 Å². The summed E-state index contributed by atoms with van der Waals surface area (Å²) in [7, 11) is 0. The third kappa shape index (κ3) is 6.76. The van der Waals surface area contributed by atoms with E-state index in [-0.39, 0.29) is 11.7 Å². The smallest absolute Gasteiger partial charge is 0.407 e. The zero-order chi connectivity index (χ0) is 16.4. The van der Waals surface area contributed by atoms with Crippen LogP contribution in [0.4, 0.5) is 9.18 Å². The summed E-state index contributed by atoms with van der Waals surface area (Å²) < 4.78 is 28.9. The molecule has 124 valence electrons. The molecule has 1 aromatic rings. The van der Waals surface area contributed by atoms with Gasteiger partial charge in [0.25, 0.3) is 0 Å². The van der Waals surface area contributed by atoms with E-state index in [1.165, 1.54) is 12.1 Å². The summed E-state index contributed by atoms with van der Waals surface area (Å²) in [6.07, 6.45) is -0.455. The summed E-state index contributed by atoms with van der Waals surface area (Å²) >= 11 is 0. The van der Waals surface area contributed by atoms with Gasteiger partial charge in [-0.3, -0.25) is 0 Å². The summed E-state index contributed by atoms with van der Waals surface area (Å²) in [5.74, 6) is 0.479. The third-order valence-corrected chi connectivity index (χ3v) is 2.87. The average molecular weight is 313 g/mol. The minimum Gasteiger partial charge on any atom is -0.491 e.